The number of quaternary nitrogens is 1. The van der Waals surface area contributed by atoms with Gasteiger partial charge in [0.05, 0.1) is 39.2 Å². The average Bonchev–Trinajstić information content (AvgIpc) is 2.55. The van der Waals surface area contributed by atoms with Crippen molar-refractivity contribution in [1.82, 2.24) is 5.32 Å². The molecule has 0 bridgehead atoms. The SMILES string of the molecule is C=CCCCCC(=O)NCC[N+](CCO)(CCC(=O)[O-])CCC(=O)O.[Na+]. The first-order chi connectivity index (χ1) is 11.8. The molecule has 1 atom stereocenters. The number of nitrogens with zero attached hydrogens (tertiary/aromatic N) is 1. The van der Waals surface area contributed by atoms with E-state index in [9.17, 15) is 24.6 Å². The van der Waals surface area contributed by atoms with Crippen LogP contribution in [0.25, 0.3) is 0 Å². The fraction of sp³-hybridized carbons (Fsp3) is 0.706. The zero-order valence-electron chi connectivity index (χ0n) is 15.7. The molecule has 144 valence electrons. The first kappa shape index (κ1) is 27.3. The topological polar surface area (TPSA) is 127 Å². The van der Waals surface area contributed by atoms with Crippen LogP contribution in [0.5, 0.6) is 0 Å². The Morgan fingerprint density at radius 1 is 1.04 bits per heavy atom. The molecule has 26 heavy (non-hydrogen) atoms. The van der Waals surface area contributed by atoms with Crippen LogP contribution in [0.4, 0.5) is 0 Å². The predicted molar refractivity (Wildman–Crippen MR) is 90.4 cm³/mol. The molecule has 0 aromatic rings. The Bertz CT molecular complexity index is 427. The van der Waals surface area contributed by atoms with E-state index in [1.807, 2.05) is 0 Å². The van der Waals surface area contributed by atoms with Gasteiger partial charge in [-0.2, -0.15) is 0 Å². The number of carbonyl (C=O) groups is 3. The summed E-state index contributed by atoms with van der Waals surface area (Å²) >= 11 is 0. The molecule has 9 heteroatoms. The van der Waals surface area contributed by atoms with Gasteiger partial charge < -0.3 is 29.9 Å². The maximum Gasteiger partial charge on any atom is 1.00 e. The molecule has 0 aromatic carbocycles. The van der Waals surface area contributed by atoms with Crippen molar-refractivity contribution in [3.05, 3.63) is 12.7 Å². The third-order valence-corrected chi connectivity index (χ3v) is 4.14. The van der Waals surface area contributed by atoms with Gasteiger partial charge in [-0.1, -0.05) is 6.08 Å². The summed E-state index contributed by atoms with van der Waals surface area (Å²) in [7, 11) is 0. The molecule has 8 nitrogen and oxygen atoms in total. The summed E-state index contributed by atoms with van der Waals surface area (Å²) in [5, 5.41) is 31.7. The monoisotopic (exact) mass is 381 g/mol. The number of rotatable bonds is 16. The molecule has 0 heterocycles. The van der Waals surface area contributed by atoms with Crippen LogP contribution in [0.3, 0.4) is 0 Å². The summed E-state index contributed by atoms with van der Waals surface area (Å²) in [5.41, 5.74) is 0. The van der Waals surface area contributed by atoms with E-state index in [0.717, 1.165) is 19.3 Å². The van der Waals surface area contributed by atoms with E-state index in [1.54, 1.807) is 6.08 Å². The Labute approximate surface area is 177 Å². The normalized spacial score (nSPS) is 12.5. The van der Waals surface area contributed by atoms with Gasteiger partial charge in [0.15, 0.2) is 0 Å². The van der Waals surface area contributed by atoms with Crippen molar-refractivity contribution in [3.63, 3.8) is 0 Å². The smallest absolute Gasteiger partial charge is 0.550 e. The average molecular weight is 381 g/mol. The second-order valence-electron chi connectivity index (χ2n) is 6.11. The molecule has 0 spiro atoms. The number of carboxylic acid groups (broad SMARTS) is 2. The van der Waals surface area contributed by atoms with Gasteiger partial charge in [-0.05, 0) is 19.3 Å². The number of hydrogen-bond acceptors (Lipinski definition) is 5. The molecule has 0 aliphatic heterocycles. The molecule has 0 aliphatic carbocycles. The molecule has 0 saturated heterocycles. The van der Waals surface area contributed by atoms with Crippen LogP contribution in [-0.4, -0.2) is 71.9 Å². The fourth-order valence-corrected chi connectivity index (χ4v) is 2.64. The Kier molecular flexibility index (Phi) is 17.1. The van der Waals surface area contributed by atoms with E-state index in [0.29, 0.717) is 19.5 Å². The molecular formula is C17H30N2NaO6+. The standard InChI is InChI=1S/C17H30N2O6.Na/c1-2-3-4-5-6-15(21)18-9-12-19(13-14-20,10-7-16(22)23)11-8-17(24)25;/h2,20H,1,3-14H2,(H2-,18,21,22,23,24,25);/q;+1. The van der Waals surface area contributed by atoms with Crippen molar-refractivity contribution in [1.29, 1.82) is 0 Å². The van der Waals surface area contributed by atoms with Gasteiger partial charge in [-0.15, -0.1) is 6.58 Å². The second-order valence-corrected chi connectivity index (χ2v) is 6.11. The molecule has 1 amide bonds. The van der Waals surface area contributed by atoms with Gasteiger partial charge in [0, 0.05) is 18.8 Å². The number of aliphatic carboxylic acids is 2. The molecule has 0 saturated carbocycles. The molecule has 0 radical (unpaired) electrons. The Morgan fingerprint density at radius 2 is 1.69 bits per heavy atom. The summed E-state index contributed by atoms with van der Waals surface area (Å²) in [5.74, 6) is -2.30. The van der Waals surface area contributed by atoms with Crippen LogP contribution in [0.2, 0.25) is 0 Å². The van der Waals surface area contributed by atoms with Crippen molar-refractivity contribution in [2.75, 3.05) is 39.3 Å². The summed E-state index contributed by atoms with van der Waals surface area (Å²) in [6.45, 7) is 4.67. The van der Waals surface area contributed by atoms with Crippen LogP contribution >= 0.6 is 0 Å². The largest absolute Gasteiger partial charge is 1.00 e. The number of allylic oxidation sites excluding steroid dienone is 1. The maximum absolute atomic E-state index is 11.8. The van der Waals surface area contributed by atoms with Crippen LogP contribution < -0.4 is 40.0 Å². The first-order valence-electron chi connectivity index (χ1n) is 8.60. The Balaban J connectivity index is 0. The van der Waals surface area contributed by atoms with Crippen molar-refractivity contribution >= 4 is 17.8 Å². The summed E-state index contributed by atoms with van der Waals surface area (Å²) in [6.07, 6.45) is 4.37. The minimum Gasteiger partial charge on any atom is -0.550 e. The molecule has 1 unspecified atom stereocenters. The molecule has 0 aliphatic rings. The molecule has 3 N–H and O–H groups in total. The van der Waals surface area contributed by atoms with E-state index in [1.165, 1.54) is 0 Å². The number of carbonyl (C=O) groups excluding carboxylic acids is 2. The number of amides is 1. The van der Waals surface area contributed by atoms with Gasteiger partial charge in [0.1, 0.15) is 6.54 Å². The van der Waals surface area contributed by atoms with Crippen LogP contribution in [-0.2, 0) is 14.4 Å². The number of aliphatic hydroxyl groups is 1. The second kappa shape index (κ2) is 16.3. The Hall–Kier alpha value is -0.930. The first-order valence-corrected chi connectivity index (χ1v) is 8.60. The zero-order valence-corrected chi connectivity index (χ0v) is 17.7. The summed E-state index contributed by atoms with van der Waals surface area (Å²) in [4.78, 5) is 33.4. The van der Waals surface area contributed by atoms with Crippen molar-refractivity contribution in [3.8, 4) is 0 Å². The van der Waals surface area contributed by atoms with Gasteiger partial charge >= 0.3 is 35.5 Å². The van der Waals surface area contributed by atoms with Crippen LogP contribution in [0.1, 0.15) is 38.5 Å². The van der Waals surface area contributed by atoms with Crippen molar-refractivity contribution < 1.29 is 63.7 Å². The quantitative estimate of drug-likeness (QED) is 0.109. The van der Waals surface area contributed by atoms with Gasteiger partial charge in [-0.3, -0.25) is 9.59 Å². The van der Waals surface area contributed by atoms with E-state index in [-0.39, 0.29) is 79.0 Å². The van der Waals surface area contributed by atoms with Crippen LogP contribution in [0.15, 0.2) is 12.7 Å². The third-order valence-electron chi connectivity index (χ3n) is 4.14. The molecule has 0 aromatic heterocycles. The van der Waals surface area contributed by atoms with Gasteiger partial charge in [-0.25, -0.2) is 0 Å². The van der Waals surface area contributed by atoms with E-state index in [2.05, 4.69) is 11.9 Å². The van der Waals surface area contributed by atoms with Gasteiger partial charge in [0.25, 0.3) is 0 Å². The van der Waals surface area contributed by atoms with Crippen molar-refractivity contribution in [2.24, 2.45) is 0 Å². The fourth-order valence-electron chi connectivity index (χ4n) is 2.64. The number of hydrogen-bond donors (Lipinski definition) is 3. The maximum atomic E-state index is 11.8. The number of nitrogens with one attached hydrogen (secondary N) is 1. The minimum absolute atomic E-state index is 0. The summed E-state index contributed by atoms with van der Waals surface area (Å²) in [6, 6.07) is 0. The number of aliphatic hydroxyl groups excluding tert-OH is 1. The molecular weight excluding hydrogens is 351 g/mol. The molecule has 0 fully saturated rings. The van der Waals surface area contributed by atoms with E-state index in [4.69, 9.17) is 5.11 Å². The predicted octanol–water partition coefficient (Wildman–Crippen LogP) is -3.72. The van der Waals surface area contributed by atoms with Crippen LogP contribution in [0, 0.1) is 0 Å². The Morgan fingerprint density at radius 3 is 2.23 bits per heavy atom. The molecule has 0 rings (SSSR count). The zero-order chi connectivity index (χ0) is 19.1. The van der Waals surface area contributed by atoms with E-state index >= 15 is 0 Å². The number of carboxylic acids is 2. The van der Waals surface area contributed by atoms with E-state index < -0.39 is 11.9 Å². The minimum atomic E-state index is -1.22. The number of unbranched alkanes of at least 4 members (excludes halogenated alkanes) is 2. The summed E-state index contributed by atoms with van der Waals surface area (Å²) < 4.78 is 0.119. The third kappa shape index (κ3) is 14.3. The van der Waals surface area contributed by atoms with Crippen molar-refractivity contribution in [2.45, 2.75) is 38.5 Å². The van der Waals surface area contributed by atoms with Gasteiger partial charge in [0.2, 0.25) is 5.91 Å².